The predicted molar refractivity (Wildman–Crippen MR) is 101 cm³/mol. The third kappa shape index (κ3) is 4.44. The Kier molecular flexibility index (Phi) is 6.05. The zero-order valence-electron chi connectivity index (χ0n) is 15.3. The number of hydrogen-bond acceptors (Lipinski definition) is 7. The first-order valence-corrected chi connectivity index (χ1v) is 8.91. The topological polar surface area (TPSA) is 112 Å². The predicted octanol–water partition coefficient (Wildman–Crippen LogP) is 2.73. The average molecular weight is 366 g/mol. The summed E-state index contributed by atoms with van der Waals surface area (Å²) < 4.78 is 13.3. The van der Waals surface area contributed by atoms with E-state index in [2.05, 4.69) is 27.9 Å². The van der Waals surface area contributed by atoms with Gasteiger partial charge in [-0.3, -0.25) is 0 Å². The second-order valence-corrected chi connectivity index (χ2v) is 5.99. The van der Waals surface area contributed by atoms with Crippen molar-refractivity contribution < 1.29 is 9.47 Å². The molecule has 0 amide bonds. The first-order valence-electron chi connectivity index (χ1n) is 8.91. The van der Waals surface area contributed by atoms with Crippen LogP contribution in [-0.4, -0.2) is 32.7 Å². The third-order valence-corrected chi connectivity index (χ3v) is 4.03. The van der Waals surface area contributed by atoms with E-state index in [1.54, 1.807) is 6.33 Å². The van der Waals surface area contributed by atoms with Gasteiger partial charge in [-0.25, -0.2) is 4.98 Å². The lowest BCUT2D eigenvalue weighted by Crippen LogP contribution is -2.10. The second kappa shape index (κ2) is 8.85. The molecule has 1 aromatic carbocycles. The molecular weight excluding hydrogens is 344 g/mol. The number of fused-ring (bicyclic) bond motifs is 1. The molecule has 0 aliphatic rings. The van der Waals surface area contributed by atoms with Gasteiger partial charge in [0.1, 0.15) is 12.4 Å². The average Bonchev–Trinajstić information content (AvgIpc) is 3.07. The molecule has 0 radical (unpaired) electrons. The fourth-order valence-corrected chi connectivity index (χ4v) is 2.61. The lowest BCUT2D eigenvalue weighted by Gasteiger charge is -2.10. The molecule has 8 nitrogen and oxygen atoms in total. The molecule has 0 aliphatic carbocycles. The molecule has 27 heavy (non-hydrogen) atoms. The van der Waals surface area contributed by atoms with Crippen LogP contribution < -0.4 is 15.2 Å². The number of hydrogen-bond donors (Lipinski definition) is 1. The standard InChI is InChI=1S/C19H22N6O2/c1-2-3-11-27-19-23-17(21)16-18(24-19)25(13-22-16)10-12-26-15-7-5-4-6-14(15)8-9-20/h4-7,13H,2-3,8,10-12H2,1H3,(H2,21,23,24). The van der Waals surface area contributed by atoms with Crippen LogP contribution in [0.25, 0.3) is 11.2 Å². The van der Waals surface area contributed by atoms with Crippen LogP contribution in [0.5, 0.6) is 11.8 Å². The van der Waals surface area contributed by atoms with E-state index in [9.17, 15) is 0 Å². The highest BCUT2D eigenvalue weighted by Crippen LogP contribution is 2.21. The van der Waals surface area contributed by atoms with E-state index in [1.807, 2.05) is 28.8 Å². The summed E-state index contributed by atoms with van der Waals surface area (Å²) in [6, 6.07) is 9.93. The molecule has 3 aromatic rings. The van der Waals surface area contributed by atoms with Gasteiger partial charge in [0.05, 0.1) is 32.0 Å². The third-order valence-electron chi connectivity index (χ3n) is 4.03. The molecule has 0 aliphatic heterocycles. The van der Waals surface area contributed by atoms with Crippen LogP contribution in [0.15, 0.2) is 30.6 Å². The minimum atomic E-state index is 0.260. The first-order chi connectivity index (χ1) is 13.2. The Morgan fingerprint density at radius 3 is 2.85 bits per heavy atom. The fourth-order valence-electron chi connectivity index (χ4n) is 2.61. The van der Waals surface area contributed by atoms with Crippen LogP contribution in [0.3, 0.4) is 0 Å². The number of unbranched alkanes of at least 4 members (excludes halogenated alkanes) is 1. The van der Waals surface area contributed by atoms with Crippen molar-refractivity contribution in [2.24, 2.45) is 0 Å². The summed E-state index contributed by atoms with van der Waals surface area (Å²) in [5, 5.41) is 8.91. The van der Waals surface area contributed by atoms with Crippen LogP contribution in [0.2, 0.25) is 0 Å². The number of nitrogens with two attached hydrogens (primary N) is 1. The second-order valence-electron chi connectivity index (χ2n) is 5.99. The largest absolute Gasteiger partial charge is 0.491 e. The number of para-hydroxylation sites is 1. The minimum absolute atomic E-state index is 0.260. The van der Waals surface area contributed by atoms with Crippen LogP contribution >= 0.6 is 0 Å². The number of anilines is 1. The zero-order chi connectivity index (χ0) is 19.1. The van der Waals surface area contributed by atoms with Crippen molar-refractivity contribution in [3.8, 4) is 17.8 Å². The van der Waals surface area contributed by atoms with Crippen LogP contribution in [-0.2, 0) is 13.0 Å². The van der Waals surface area contributed by atoms with Gasteiger partial charge in [0.15, 0.2) is 17.0 Å². The molecule has 3 rings (SSSR count). The molecule has 2 N–H and O–H groups in total. The van der Waals surface area contributed by atoms with Crippen molar-refractivity contribution in [1.82, 2.24) is 19.5 Å². The summed E-state index contributed by atoms with van der Waals surface area (Å²) in [4.78, 5) is 12.9. The number of nitrogen functional groups attached to an aromatic ring is 1. The normalized spacial score (nSPS) is 10.7. The minimum Gasteiger partial charge on any atom is -0.491 e. The maximum Gasteiger partial charge on any atom is 0.320 e. The number of aromatic nitrogens is 4. The van der Waals surface area contributed by atoms with E-state index < -0.39 is 0 Å². The molecule has 0 fully saturated rings. The number of benzene rings is 1. The maximum atomic E-state index is 8.91. The molecule has 140 valence electrons. The number of rotatable bonds is 9. The van der Waals surface area contributed by atoms with Gasteiger partial charge in [0, 0.05) is 5.56 Å². The molecule has 0 spiro atoms. The Labute approximate surface area is 157 Å². The molecule has 8 heteroatoms. The highest BCUT2D eigenvalue weighted by atomic mass is 16.5. The fraction of sp³-hybridized carbons (Fsp3) is 0.368. The monoisotopic (exact) mass is 366 g/mol. The SMILES string of the molecule is CCCCOc1nc(N)c2ncn(CCOc3ccccc3CC#N)c2n1. The van der Waals surface area contributed by atoms with Gasteiger partial charge in [-0.2, -0.15) is 15.2 Å². The smallest absolute Gasteiger partial charge is 0.320 e. The van der Waals surface area contributed by atoms with E-state index in [0.717, 1.165) is 18.4 Å². The van der Waals surface area contributed by atoms with E-state index in [-0.39, 0.29) is 6.01 Å². The number of ether oxygens (including phenoxy) is 2. The Balaban J connectivity index is 1.71. The summed E-state index contributed by atoms with van der Waals surface area (Å²) in [6.45, 7) is 3.58. The summed E-state index contributed by atoms with van der Waals surface area (Å²) in [5.74, 6) is 1.01. The van der Waals surface area contributed by atoms with E-state index in [1.165, 1.54) is 0 Å². The van der Waals surface area contributed by atoms with Crippen molar-refractivity contribution >= 4 is 17.0 Å². The molecule has 0 saturated heterocycles. The lowest BCUT2D eigenvalue weighted by atomic mass is 10.1. The first kappa shape index (κ1) is 18.5. The molecule has 2 aromatic heterocycles. The maximum absolute atomic E-state index is 8.91. The Morgan fingerprint density at radius 2 is 2.04 bits per heavy atom. The summed E-state index contributed by atoms with van der Waals surface area (Å²) in [5.41, 5.74) is 8.01. The molecule has 0 saturated carbocycles. The quantitative estimate of drug-likeness (QED) is 0.579. The van der Waals surface area contributed by atoms with Gasteiger partial charge in [0.25, 0.3) is 0 Å². The highest BCUT2D eigenvalue weighted by molar-refractivity contribution is 5.81. The summed E-state index contributed by atoms with van der Waals surface area (Å²) >= 11 is 0. The van der Waals surface area contributed by atoms with Crippen LogP contribution in [0.4, 0.5) is 5.82 Å². The Hall–Kier alpha value is -3.34. The summed E-state index contributed by atoms with van der Waals surface area (Å²) in [6.07, 6.45) is 3.93. The molecule has 0 bridgehead atoms. The van der Waals surface area contributed by atoms with Crippen molar-refractivity contribution in [2.75, 3.05) is 18.9 Å². The highest BCUT2D eigenvalue weighted by Gasteiger charge is 2.12. The molecule has 2 heterocycles. The van der Waals surface area contributed by atoms with Gasteiger partial charge >= 0.3 is 6.01 Å². The van der Waals surface area contributed by atoms with E-state index in [4.69, 9.17) is 20.5 Å². The van der Waals surface area contributed by atoms with Gasteiger partial charge in [0.2, 0.25) is 0 Å². The van der Waals surface area contributed by atoms with Crippen LogP contribution in [0.1, 0.15) is 25.3 Å². The Bertz CT molecular complexity index is 947. The van der Waals surface area contributed by atoms with Gasteiger partial charge in [-0.1, -0.05) is 31.5 Å². The number of nitrogens with zero attached hydrogens (tertiary/aromatic N) is 5. The van der Waals surface area contributed by atoms with Gasteiger partial charge in [-0.15, -0.1) is 0 Å². The van der Waals surface area contributed by atoms with Crippen molar-refractivity contribution in [2.45, 2.75) is 32.7 Å². The molecule has 0 atom stereocenters. The Morgan fingerprint density at radius 1 is 1.19 bits per heavy atom. The summed E-state index contributed by atoms with van der Waals surface area (Å²) in [7, 11) is 0. The van der Waals surface area contributed by atoms with E-state index >= 15 is 0 Å². The lowest BCUT2D eigenvalue weighted by molar-refractivity contribution is 0.285. The van der Waals surface area contributed by atoms with Gasteiger partial charge in [-0.05, 0) is 12.5 Å². The molecule has 0 unspecified atom stereocenters. The number of nitriles is 1. The van der Waals surface area contributed by atoms with Crippen molar-refractivity contribution in [3.05, 3.63) is 36.2 Å². The zero-order valence-corrected chi connectivity index (χ0v) is 15.3. The van der Waals surface area contributed by atoms with Crippen molar-refractivity contribution in [1.29, 1.82) is 5.26 Å². The van der Waals surface area contributed by atoms with Crippen molar-refractivity contribution in [3.63, 3.8) is 0 Å². The number of imidazole rings is 1. The van der Waals surface area contributed by atoms with E-state index in [0.29, 0.717) is 48.9 Å². The van der Waals surface area contributed by atoms with Gasteiger partial charge < -0.3 is 19.8 Å². The van der Waals surface area contributed by atoms with Crippen LogP contribution in [0, 0.1) is 11.3 Å². The molecular formula is C19H22N6O2.